The first kappa shape index (κ1) is 17.8. The zero-order valence-electron chi connectivity index (χ0n) is 15.8. The summed E-state index contributed by atoms with van der Waals surface area (Å²) >= 11 is 0. The smallest absolute Gasteiger partial charge is 0.154 e. The highest BCUT2D eigenvalue weighted by molar-refractivity contribution is 7.90. The van der Waals surface area contributed by atoms with Gasteiger partial charge in [0.25, 0.3) is 0 Å². The summed E-state index contributed by atoms with van der Waals surface area (Å²) in [7, 11) is -3.01. The average molecular weight is 401 g/mol. The van der Waals surface area contributed by atoms with Crippen LogP contribution in [-0.4, -0.2) is 60.5 Å². The van der Waals surface area contributed by atoms with Crippen LogP contribution in [-0.2, 0) is 22.0 Å². The van der Waals surface area contributed by atoms with E-state index in [0.29, 0.717) is 12.3 Å². The van der Waals surface area contributed by atoms with Gasteiger partial charge >= 0.3 is 0 Å². The zero-order valence-corrected chi connectivity index (χ0v) is 16.6. The van der Waals surface area contributed by atoms with Crippen LogP contribution in [0.2, 0.25) is 0 Å². The van der Waals surface area contributed by atoms with Crippen molar-refractivity contribution in [3.8, 4) is 0 Å². The average Bonchev–Trinajstić information content (AvgIpc) is 2.66. The van der Waals surface area contributed by atoms with E-state index in [2.05, 4.69) is 36.0 Å². The van der Waals surface area contributed by atoms with E-state index in [1.807, 2.05) is 6.07 Å². The largest absolute Gasteiger partial charge is 0.353 e. The lowest BCUT2D eigenvalue weighted by Gasteiger charge is -2.36. The maximum Gasteiger partial charge on any atom is 0.154 e. The van der Waals surface area contributed by atoms with Gasteiger partial charge < -0.3 is 9.80 Å². The second-order valence-electron chi connectivity index (χ2n) is 7.92. The standard InChI is InChI=1S/C19H24N6O2S/c26-28(27)9-4-16-15(12-28)10-19(23-22-16)25-7-5-24(6-8-25)18-11-17(20-13-21-18)14-2-1-3-14/h10-11,13-14H,1-9,12H2. The molecule has 0 amide bonds. The molecule has 0 unspecified atom stereocenters. The van der Waals surface area contributed by atoms with Gasteiger partial charge in [0.2, 0.25) is 0 Å². The van der Waals surface area contributed by atoms with E-state index in [9.17, 15) is 8.42 Å². The number of piperazine rings is 1. The lowest BCUT2D eigenvalue weighted by Crippen LogP contribution is -2.47. The SMILES string of the molecule is O=S1(=O)CCc2nnc(N3CCN(c4cc(C5CCC5)ncn4)CC3)cc2C1. The minimum absolute atomic E-state index is 0.0791. The summed E-state index contributed by atoms with van der Waals surface area (Å²) in [4.78, 5) is 13.4. The van der Waals surface area contributed by atoms with Crippen molar-refractivity contribution in [3.05, 3.63) is 35.4 Å². The van der Waals surface area contributed by atoms with Gasteiger partial charge in [0.05, 0.1) is 17.2 Å². The maximum atomic E-state index is 11.9. The van der Waals surface area contributed by atoms with Crippen molar-refractivity contribution in [1.29, 1.82) is 0 Å². The first-order chi connectivity index (χ1) is 13.6. The van der Waals surface area contributed by atoms with E-state index in [1.54, 1.807) is 6.33 Å². The molecule has 0 N–H and O–H groups in total. The van der Waals surface area contributed by atoms with E-state index in [4.69, 9.17) is 0 Å². The third-order valence-electron chi connectivity index (χ3n) is 6.10. The second kappa shape index (κ2) is 6.95. The fourth-order valence-electron chi connectivity index (χ4n) is 4.12. The molecule has 2 aromatic rings. The van der Waals surface area contributed by atoms with Crippen LogP contribution >= 0.6 is 0 Å². The molecule has 5 rings (SSSR count). The van der Waals surface area contributed by atoms with Crippen molar-refractivity contribution in [2.45, 2.75) is 37.4 Å². The molecule has 0 aromatic carbocycles. The van der Waals surface area contributed by atoms with Crippen molar-refractivity contribution in [2.24, 2.45) is 0 Å². The molecule has 0 atom stereocenters. The Kier molecular flexibility index (Phi) is 4.41. The molecule has 1 saturated carbocycles. The summed E-state index contributed by atoms with van der Waals surface area (Å²) < 4.78 is 23.8. The Hall–Kier alpha value is -2.29. The lowest BCUT2D eigenvalue weighted by atomic mass is 9.83. The van der Waals surface area contributed by atoms with E-state index in [-0.39, 0.29) is 11.5 Å². The van der Waals surface area contributed by atoms with Gasteiger partial charge in [0.1, 0.15) is 12.1 Å². The van der Waals surface area contributed by atoms with Crippen LogP contribution in [0.1, 0.15) is 42.1 Å². The van der Waals surface area contributed by atoms with Crippen molar-refractivity contribution in [2.75, 3.05) is 41.7 Å². The summed E-state index contributed by atoms with van der Waals surface area (Å²) in [5.41, 5.74) is 2.79. The van der Waals surface area contributed by atoms with Gasteiger partial charge in [-0.25, -0.2) is 18.4 Å². The van der Waals surface area contributed by atoms with Gasteiger partial charge in [-0.3, -0.25) is 0 Å². The van der Waals surface area contributed by atoms with Crippen LogP contribution in [0.5, 0.6) is 0 Å². The molecule has 1 aliphatic carbocycles. The minimum Gasteiger partial charge on any atom is -0.353 e. The summed E-state index contributed by atoms with van der Waals surface area (Å²) in [6.45, 7) is 3.31. The summed E-state index contributed by atoms with van der Waals surface area (Å²) in [6.07, 6.45) is 5.92. The summed E-state index contributed by atoms with van der Waals surface area (Å²) in [5, 5.41) is 8.65. The molecule has 8 nitrogen and oxygen atoms in total. The van der Waals surface area contributed by atoms with Crippen LogP contribution in [0.3, 0.4) is 0 Å². The number of hydrogen-bond acceptors (Lipinski definition) is 8. The molecule has 2 aliphatic heterocycles. The monoisotopic (exact) mass is 400 g/mol. The Morgan fingerprint density at radius 1 is 0.929 bits per heavy atom. The van der Waals surface area contributed by atoms with Crippen molar-refractivity contribution >= 4 is 21.5 Å². The molecule has 0 bridgehead atoms. The predicted octanol–water partition coefficient (Wildman–Crippen LogP) is 1.33. The number of hydrogen-bond donors (Lipinski definition) is 0. The molecule has 0 spiro atoms. The number of fused-ring (bicyclic) bond motifs is 1. The summed E-state index contributed by atoms with van der Waals surface area (Å²) in [5.74, 6) is 2.63. The molecule has 148 valence electrons. The Bertz CT molecular complexity index is 984. The molecule has 3 aliphatic rings. The predicted molar refractivity (Wildman–Crippen MR) is 106 cm³/mol. The number of anilines is 2. The molecular formula is C19H24N6O2S. The van der Waals surface area contributed by atoms with Gasteiger partial charge in [-0.2, -0.15) is 5.10 Å². The van der Waals surface area contributed by atoms with Crippen molar-refractivity contribution in [3.63, 3.8) is 0 Å². The topological polar surface area (TPSA) is 92.2 Å². The van der Waals surface area contributed by atoms with Crippen molar-refractivity contribution in [1.82, 2.24) is 20.2 Å². The highest BCUT2D eigenvalue weighted by atomic mass is 32.2. The Morgan fingerprint density at radius 2 is 1.68 bits per heavy atom. The van der Waals surface area contributed by atoms with Gasteiger partial charge in [-0.05, 0) is 24.5 Å². The first-order valence-corrected chi connectivity index (χ1v) is 11.8. The number of aromatic nitrogens is 4. The summed E-state index contributed by atoms with van der Waals surface area (Å²) in [6, 6.07) is 4.05. The number of sulfone groups is 1. The van der Waals surface area contributed by atoms with Crippen LogP contribution in [0.15, 0.2) is 18.5 Å². The van der Waals surface area contributed by atoms with E-state index >= 15 is 0 Å². The van der Waals surface area contributed by atoms with Crippen LogP contribution < -0.4 is 9.80 Å². The number of nitrogens with zero attached hydrogens (tertiary/aromatic N) is 6. The molecule has 9 heteroatoms. The van der Waals surface area contributed by atoms with E-state index in [1.165, 1.54) is 25.0 Å². The molecule has 2 aromatic heterocycles. The first-order valence-electron chi connectivity index (χ1n) is 9.95. The number of aryl methyl sites for hydroxylation is 1. The highest BCUT2D eigenvalue weighted by Crippen LogP contribution is 2.36. The van der Waals surface area contributed by atoms with Crippen molar-refractivity contribution < 1.29 is 8.42 Å². The molecule has 28 heavy (non-hydrogen) atoms. The van der Waals surface area contributed by atoms with E-state index < -0.39 is 9.84 Å². The fraction of sp³-hybridized carbons (Fsp3) is 0.579. The maximum absolute atomic E-state index is 11.9. The van der Waals surface area contributed by atoms with Crippen LogP contribution in [0.25, 0.3) is 0 Å². The van der Waals surface area contributed by atoms with Crippen LogP contribution in [0.4, 0.5) is 11.6 Å². The second-order valence-corrected chi connectivity index (χ2v) is 10.1. The molecule has 0 radical (unpaired) electrons. The van der Waals surface area contributed by atoms with Crippen LogP contribution in [0, 0.1) is 0 Å². The fourth-order valence-corrected chi connectivity index (χ4v) is 5.49. The Balaban J connectivity index is 1.27. The van der Waals surface area contributed by atoms with Gasteiger partial charge in [-0.15, -0.1) is 5.10 Å². The third-order valence-corrected chi connectivity index (χ3v) is 7.67. The lowest BCUT2D eigenvalue weighted by molar-refractivity contribution is 0.410. The Morgan fingerprint density at radius 3 is 2.39 bits per heavy atom. The molecular weight excluding hydrogens is 376 g/mol. The normalized spacial score (nSPS) is 21.9. The minimum atomic E-state index is -3.01. The van der Waals surface area contributed by atoms with Gasteiger partial charge in [0.15, 0.2) is 15.7 Å². The zero-order chi connectivity index (χ0) is 19.1. The molecule has 2 fully saturated rings. The third kappa shape index (κ3) is 3.43. The van der Waals surface area contributed by atoms with E-state index in [0.717, 1.165) is 49.1 Å². The molecule has 1 saturated heterocycles. The highest BCUT2D eigenvalue weighted by Gasteiger charge is 2.26. The van der Waals surface area contributed by atoms with Gasteiger partial charge in [-0.1, -0.05) is 6.42 Å². The number of rotatable bonds is 3. The Labute approximate surface area is 164 Å². The quantitative estimate of drug-likeness (QED) is 0.762. The molecule has 4 heterocycles. The van der Waals surface area contributed by atoms with Gasteiger partial charge in [0, 0.05) is 50.3 Å².